The molecule has 0 spiro atoms. The molecule has 0 saturated heterocycles. The standard InChI is InChI=1S/C20H19Cl2F3N4O/c21-15-9-11(1-6-16(15)26-12-2-4-13(30)5-3-12)14-7-8-29-17(10-20(23,24)25)27-28-19(29)18(14)22/h1,6-9,12-13,26,30H,2-5,10H2. The van der Waals surface area contributed by atoms with Crippen LogP contribution in [0.25, 0.3) is 16.8 Å². The Hall–Kier alpha value is -2.03. The monoisotopic (exact) mass is 458 g/mol. The highest BCUT2D eigenvalue weighted by molar-refractivity contribution is 6.36. The van der Waals surface area contributed by atoms with Crippen molar-refractivity contribution in [2.24, 2.45) is 0 Å². The van der Waals surface area contributed by atoms with Crippen molar-refractivity contribution in [1.29, 1.82) is 0 Å². The first kappa shape index (κ1) is 21.2. The predicted octanol–water partition coefficient (Wildman–Crippen LogP) is 5.52. The number of aliphatic hydroxyl groups excluding tert-OH is 1. The van der Waals surface area contributed by atoms with Gasteiger partial charge in [-0.25, -0.2) is 0 Å². The Kier molecular flexibility index (Phi) is 5.83. The van der Waals surface area contributed by atoms with Crippen LogP contribution in [-0.4, -0.2) is 38.0 Å². The lowest BCUT2D eigenvalue weighted by Crippen LogP contribution is -2.28. The first-order chi connectivity index (χ1) is 14.2. The molecule has 0 radical (unpaired) electrons. The highest BCUT2D eigenvalue weighted by Crippen LogP contribution is 2.36. The molecule has 1 aromatic carbocycles. The summed E-state index contributed by atoms with van der Waals surface area (Å²) < 4.78 is 39.4. The van der Waals surface area contributed by atoms with Crippen LogP contribution in [-0.2, 0) is 6.42 Å². The third kappa shape index (κ3) is 4.50. The summed E-state index contributed by atoms with van der Waals surface area (Å²) in [6, 6.07) is 7.32. The fourth-order valence-corrected chi connectivity index (χ4v) is 4.27. The molecular formula is C20H19Cl2F3N4O. The minimum Gasteiger partial charge on any atom is -0.393 e. The van der Waals surface area contributed by atoms with Gasteiger partial charge in [-0.3, -0.25) is 4.40 Å². The summed E-state index contributed by atoms with van der Waals surface area (Å²) in [5.41, 5.74) is 2.27. The van der Waals surface area contributed by atoms with Crippen LogP contribution in [0, 0.1) is 0 Å². The SMILES string of the molecule is OC1CCC(Nc2ccc(-c3ccn4c(CC(F)(F)F)nnc4c3Cl)cc2Cl)CC1. The Morgan fingerprint density at radius 1 is 1.10 bits per heavy atom. The summed E-state index contributed by atoms with van der Waals surface area (Å²) in [5.74, 6) is -0.221. The summed E-state index contributed by atoms with van der Waals surface area (Å²) in [5, 5.41) is 21.2. The lowest BCUT2D eigenvalue weighted by atomic mass is 9.93. The van der Waals surface area contributed by atoms with Crippen LogP contribution in [0.2, 0.25) is 10.0 Å². The van der Waals surface area contributed by atoms with Gasteiger partial charge in [0.1, 0.15) is 12.2 Å². The van der Waals surface area contributed by atoms with Gasteiger partial charge in [0.25, 0.3) is 0 Å². The minimum absolute atomic E-state index is 0.160. The Labute approximate surface area is 180 Å². The molecule has 2 aromatic heterocycles. The second kappa shape index (κ2) is 8.24. The van der Waals surface area contributed by atoms with E-state index in [1.807, 2.05) is 12.1 Å². The quantitative estimate of drug-likeness (QED) is 0.539. The number of nitrogens with zero attached hydrogens (tertiary/aromatic N) is 3. The Morgan fingerprint density at radius 2 is 1.83 bits per heavy atom. The van der Waals surface area contributed by atoms with Gasteiger partial charge in [-0.15, -0.1) is 10.2 Å². The number of nitrogens with one attached hydrogen (secondary N) is 1. The highest BCUT2D eigenvalue weighted by Gasteiger charge is 2.31. The number of alkyl halides is 3. The maximum Gasteiger partial charge on any atom is 0.396 e. The summed E-state index contributed by atoms with van der Waals surface area (Å²) in [6.07, 6.45) is -1.06. The molecule has 1 aliphatic rings. The van der Waals surface area contributed by atoms with Gasteiger partial charge in [0.2, 0.25) is 0 Å². The first-order valence-corrected chi connectivity index (χ1v) is 10.3. The number of hydrogen-bond acceptors (Lipinski definition) is 4. The largest absolute Gasteiger partial charge is 0.396 e. The molecule has 30 heavy (non-hydrogen) atoms. The molecular weight excluding hydrogens is 440 g/mol. The minimum atomic E-state index is -4.39. The van der Waals surface area contributed by atoms with E-state index < -0.39 is 12.6 Å². The molecule has 0 amide bonds. The molecule has 1 aliphatic carbocycles. The maximum atomic E-state index is 12.7. The van der Waals surface area contributed by atoms with Crippen LogP contribution in [0.3, 0.4) is 0 Å². The lowest BCUT2D eigenvalue weighted by molar-refractivity contribution is -0.128. The van der Waals surface area contributed by atoms with E-state index in [0.717, 1.165) is 36.9 Å². The van der Waals surface area contributed by atoms with E-state index >= 15 is 0 Å². The molecule has 0 unspecified atom stereocenters. The molecule has 160 valence electrons. The van der Waals surface area contributed by atoms with Gasteiger partial charge in [-0.05, 0) is 49.4 Å². The molecule has 3 aromatic rings. The van der Waals surface area contributed by atoms with Crippen molar-refractivity contribution < 1.29 is 18.3 Å². The molecule has 2 heterocycles. The van der Waals surface area contributed by atoms with Crippen molar-refractivity contribution in [2.45, 2.75) is 50.4 Å². The molecule has 0 bridgehead atoms. The summed E-state index contributed by atoms with van der Waals surface area (Å²) in [6.45, 7) is 0. The van der Waals surface area contributed by atoms with E-state index in [0.29, 0.717) is 10.6 Å². The van der Waals surface area contributed by atoms with E-state index in [1.165, 1.54) is 10.6 Å². The number of aromatic nitrogens is 3. The van der Waals surface area contributed by atoms with E-state index in [-0.39, 0.29) is 28.6 Å². The first-order valence-electron chi connectivity index (χ1n) is 9.54. The number of hydrogen-bond donors (Lipinski definition) is 2. The predicted molar refractivity (Wildman–Crippen MR) is 110 cm³/mol. The third-order valence-electron chi connectivity index (χ3n) is 5.28. The zero-order chi connectivity index (χ0) is 21.5. The number of halogens is 5. The van der Waals surface area contributed by atoms with Crippen molar-refractivity contribution in [2.75, 3.05) is 5.32 Å². The molecule has 5 nitrogen and oxygen atoms in total. The Morgan fingerprint density at radius 3 is 2.50 bits per heavy atom. The van der Waals surface area contributed by atoms with Crippen LogP contribution < -0.4 is 5.32 Å². The Balaban J connectivity index is 1.59. The normalized spacial score (nSPS) is 19.9. The van der Waals surface area contributed by atoms with Crippen molar-refractivity contribution in [1.82, 2.24) is 14.6 Å². The van der Waals surface area contributed by atoms with Gasteiger partial charge in [0, 0.05) is 17.8 Å². The number of anilines is 1. The molecule has 1 saturated carbocycles. The molecule has 1 fully saturated rings. The molecule has 10 heteroatoms. The van der Waals surface area contributed by atoms with Gasteiger partial charge in [-0.1, -0.05) is 29.3 Å². The highest BCUT2D eigenvalue weighted by atomic mass is 35.5. The zero-order valence-electron chi connectivity index (χ0n) is 15.8. The maximum absolute atomic E-state index is 12.7. The van der Waals surface area contributed by atoms with E-state index in [9.17, 15) is 18.3 Å². The molecule has 4 rings (SSSR count). The summed E-state index contributed by atoms with van der Waals surface area (Å²) >= 11 is 12.9. The Bertz CT molecular complexity index is 1060. The number of rotatable bonds is 4. The van der Waals surface area contributed by atoms with Crippen molar-refractivity contribution in [3.8, 4) is 11.1 Å². The summed E-state index contributed by atoms with van der Waals surface area (Å²) in [4.78, 5) is 0. The van der Waals surface area contributed by atoms with Crippen LogP contribution in [0.15, 0.2) is 30.5 Å². The lowest BCUT2D eigenvalue weighted by Gasteiger charge is -2.27. The third-order valence-corrected chi connectivity index (χ3v) is 5.97. The van der Waals surface area contributed by atoms with Crippen LogP contribution in [0.4, 0.5) is 18.9 Å². The molecule has 2 N–H and O–H groups in total. The van der Waals surface area contributed by atoms with Crippen LogP contribution in [0.5, 0.6) is 0 Å². The average Bonchev–Trinajstić information content (AvgIpc) is 3.07. The van der Waals surface area contributed by atoms with Crippen molar-refractivity contribution in [3.63, 3.8) is 0 Å². The molecule has 0 atom stereocenters. The van der Waals surface area contributed by atoms with E-state index in [1.54, 1.807) is 12.1 Å². The van der Waals surface area contributed by atoms with E-state index in [2.05, 4.69) is 15.5 Å². The van der Waals surface area contributed by atoms with Gasteiger partial charge in [-0.2, -0.15) is 13.2 Å². The smallest absolute Gasteiger partial charge is 0.393 e. The van der Waals surface area contributed by atoms with Crippen molar-refractivity contribution in [3.05, 3.63) is 46.3 Å². The van der Waals surface area contributed by atoms with Crippen LogP contribution >= 0.6 is 23.2 Å². The van der Waals surface area contributed by atoms with E-state index in [4.69, 9.17) is 23.2 Å². The zero-order valence-corrected chi connectivity index (χ0v) is 17.3. The molecule has 0 aliphatic heterocycles. The van der Waals surface area contributed by atoms with Gasteiger partial charge in [0.15, 0.2) is 5.65 Å². The fourth-order valence-electron chi connectivity index (χ4n) is 3.74. The van der Waals surface area contributed by atoms with Crippen LogP contribution in [0.1, 0.15) is 31.5 Å². The fraction of sp³-hybridized carbons (Fsp3) is 0.400. The second-order valence-electron chi connectivity index (χ2n) is 7.49. The van der Waals surface area contributed by atoms with Gasteiger partial charge in [0.05, 0.1) is 21.8 Å². The summed E-state index contributed by atoms with van der Waals surface area (Å²) in [7, 11) is 0. The number of fused-ring (bicyclic) bond motifs is 1. The average molecular weight is 459 g/mol. The second-order valence-corrected chi connectivity index (χ2v) is 8.27. The number of benzene rings is 1. The number of aliphatic hydroxyl groups is 1. The van der Waals surface area contributed by atoms with Gasteiger partial charge >= 0.3 is 6.18 Å². The van der Waals surface area contributed by atoms with Gasteiger partial charge < -0.3 is 10.4 Å². The number of pyridine rings is 1. The topological polar surface area (TPSA) is 62.5 Å². The van der Waals surface area contributed by atoms with Crippen molar-refractivity contribution >= 4 is 34.5 Å².